The maximum atomic E-state index is 11.8. The molecule has 1 aromatic carbocycles. The quantitative estimate of drug-likeness (QED) is 0.805. The number of fused-ring (bicyclic) bond motifs is 1. The predicted octanol–water partition coefficient (Wildman–Crippen LogP) is 3.91. The van der Waals surface area contributed by atoms with Gasteiger partial charge in [0.05, 0.1) is 18.2 Å². The highest BCUT2D eigenvalue weighted by atomic mass is 79.9. The van der Waals surface area contributed by atoms with Crippen molar-refractivity contribution in [3.8, 4) is 0 Å². The molecule has 0 bridgehead atoms. The van der Waals surface area contributed by atoms with Crippen molar-refractivity contribution in [2.24, 2.45) is 0 Å². The molecule has 0 amide bonds. The first kappa shape index (κ1) is 13.1. The van der Waals surface area contributed by atoms with Crippen LogP contribution < -0.4 is 0 Å². The van der Waals surface area contributed by atoms with E-state index in [4.69, 9.17) is 4.74 Å². The van der Waals surface area contributed by atoms with E-state index in [1.165, 1.54) is 7.11 Å². The van der Waals surface area contributed by atoms with E-state index in [9.17, 15) is 4.79 Å². The molecular weight excluding hydrogens is 294 g/mol. The van der Waals surface area contributed by atoms with Crippen LogP contribution in [0.1, 0.15) is 29.3 Å². The number of rotatable bonds is 3. The summed E-state index contributed by atoms with van der Waals surface area (Å²) in [4.78, 5) is 11.8. The van der Waals surface area contributed by atoms with E-state index < -0.39 is 0 Å². The summed E-state index contributed by atoms with van der Waals surface area (Å²) in [5.74, 6) is -0.292. The third kappa shape index (κ3) is 2.05. The van der Waals surface area contributed by atoms with Crippen LogP contribution in [0.5, 0.6) is 0 Å². The number of hydrogen-bond donors (Lipinski definition) is 0. The number of aryl methyl sites for hydroxylation is 2. The number of benzene rings is 1. The van der Waals surface area contributed by atoms with E-state index in [0.29, 0.717) is 5.56 Å². The van der Waals surface area contributed by atoms with Gasteiger partial charge in [-0.05, 0) is 31.0 Å². The zero-order valence-corrected chi connectivity index (χ0v) is 12.4. The van der Waals surface area contributed by atoms with Crippen molar-refractivity contribution >= 4 is 32.8 Å². The van der Waals surface area contributed by atoms with E-state index >= 15 is 0 Å². The van der Waals surface area contributed by atoms with Gasteiger partial charge >= 0.3 is 5.97 Å². The second-order valence-electron chi connectivity index (χ2n) is 4.29. The fraction of sp³-hybridized carbons (Fsp3) is 0.357. The van der Waals surface area contributed by atoms with Crippen LogP contribution in [-0.2, 0) is 11.3 Å². The number of hydrogen-bond acceptors (Lipinski definition) is 2. The summed E-state index contributed by atoms with van der Waals surface area (Å²) in [5.41, 5.74) is 2.69. The first-order chi connectivity index (χ1) is 8.60. The maximum absolute atomic E-state index is 11.8. The number of methoxy groups -OCH3 is 1. The normalized spacial score (nSPS) is 10.9. The highest BCUT2D eigenvalue weighted by Crippen LogP contribution is 2.31. The number of halogens is 1. The average Bonchev–Trinajstić information content (AvgIpc) is 2.78. The van der Waals surface area contributed by atoms with Gasteiger partial charge in [0.2, 0.25) is 0 Å². The lowest BCUT2D eigenvalue weighted by Crippen LogP contribution is -2.06. The molecule has 2 rings (SSSR count). The molecule has 0 aliphatic carbocycles. The molecule has 3 nitrogen and oxygen atoms in total. The Kier molecular flexibility index (Phi) is 3.76. The molecular formula is C14H16BrNO2. The van der Waals surface area contributed by atoms with E-state index in [1.807, 2.05) is 13.0 Å². The predicted molar refractivity (Wildman–Crippen MR) is 76.0 cm³/mol. The van der Waals surface area contributed by atoms with Crippen molar-refractivity contribution in [3.05, 3.63) is 33.9 Å². The highest BCUT2D eigenvalue weighted by molar-refractivity contribution is 9.10. The second kappa shape index (κ2) is 5.14. The Labute approximate surface area is 115 Å². The largest absolute Gasteiger partial charge is 0.465 e. The Morgan fingerprint density at radius 2 is 2.22 bits per heavy atom. The van der Waals surface area contributed by atoms with Crippen LogP contribution in [-0.4, -0.2) is 17.6 Å². The number of aromatic nitrogens is 1. The molecule has 4 heteroatoms. The van der Waals surface area contributed by atoms with Gasteiger partial charge in [-0.1, -0.05) is 22.9 Å². The molecule has 96 valence electrons. The van der Waals surface area contributed by atoms with Crippen molar-refractivity contribution in [1.82, 2.24) is 4.57 Å². The van der Waals surface area contributed by atoms with Crippen LogP contribution in [0.2, 0.25) is 0 Å². The molecule has 0 atom stereocenters. The third-order valence-corrected chi connectivity index (χ3v) is 3.78. The van der Waals surface area contributed by atoms with Gasteiger partial charge in [-0.2, -0.15) is 0 Å². The molecule has 1 aromatic heterocycles. The molecule has 2 aromatic rings. The molecule has 0 fully saturated rings. The van der Waals surface area contributed by atoms with Crippen LogP contribution in [0.25, 0.3) is 10.9 Å². The number of nitrogens with zero attached hydrogens (tertiary/aromatic N) is 1. The van der Waals surface area contributed by atoms with Crippen molar-refractivity contribution in [2.45, 2.75) is 26.8 Å². The molecule has 0 saturated heterocycles. The van der Waals surface area contributed by atoms with Gasteiger partial charge in [-0.15, -0.1) is 0 Å². The van der Waals surface area contributed by atoms with Crippen LogP contribution in [0.3, 0.4) is 0 Å². The fourth-order valence-electron chi connectivity index (χ4n) is 2.27. The van der Waals surface area contributed by atoms with Crippen molar-refractivity contribution in [1.29, 1.82) is 0 Å². The lowest BCUT2D eigenvalue weighted by molar-refractivity contribution is 0.0600. The molecule has 0 saturated carbocycles. The summed E-state index contributed by atoms with van der Waals surface area (Å²) in [7, 11) is 1.41. The second-order valence-corrected chi connectivity index (χ2v) is 5.15. The number of carbonyl (C=O) groups is 1. The lowest BCUT2D eigenvalue weighted by atomic mass is 10.1. The topological polar surface area (TPSA) is 31.2 Å². The van der Waals surface area contributed by atoms with Gasteiger partial charge in [0.15, 0.2) is 0 Å². The SMILES string of the molecule is CCCn1ccc2c(Br)cc(C(=O)OC)c(C)c21. The van der Waals surface area contributed by atoms with Crippen LogP contribution in [0.15, 0.2) is 22.8 Å². The zero-order valence-electron chi connectivity index (χ0n) is 10.8. The summed E-state index contributed by atoms with van der Waals surface area (Å²) in [6, 6.07) is 3.91. The van der Waals surface area contributed by atoms with E-state index in [2.05, 4.69) is 39.7 Å². The fourth-order valence-corrected chi connectivity index (χ4v) is 2.82. The summed E-state index contributed by atoms with van der Waals surface area (Å²) in [5, 5.41) is 1.13. The summed E-state index contributed by atoms with van der Waals surface area (Å²) in [6.07, 6.45) is 3.12. The molecule has 0 unspecified atom stereocenters. The number of carbonyl (C=O) groups excluding carboxylic acids is 1. The van der Waals surface area contributed by atoms with E-state index in [1.54, 1.807) is 0 Å². The molecule has 0 radical (unpaired) electrons. The molecule has 1 heterocycles. The minimum Gasteiger partial charge on any atom is -0.465 e. The number of ether oxygens (including phenoxy) is 1. The van der Waals surface area contributed by atoms with Gasteiger partial charge in [0.25, 0.3) is 0 Å². The standard InChI is InChI=1S/C14H16BrNO2/c1-4-6-16-7-5-10-12(15)8-11(14(17)18-3)9(2)13(10)16/h5,7-8H,4,6H2,1-3H3. The van der Waals surface area contributed by atoms with Gasteiger partial charge in [-0.3, -0.25) is 0 Å². The lowest BCUT2D eigenvalue weighted by Gasteiger charge is -2.11. The Morgan fingerprint density at radius 1 is 1.50 bits per heavy atom. The molecule has 0 aliphatic rings. The molecule has 0 N–H and O–H groups in total. The third-order valence-electron chi connectivity index (χ3n) is 3.12. The van der Waals surface area contributed by atoms with Crippen molar-refractivity contribution in [3.63, 3.8) is 0 Å². The summed E-state index contributed by atoms with van der Waals surface area (Å²) < 4.78 is 7.94. The minimum absolute atomic E-state index is 0.292. The van der Waals surface area contributed by atoms with Crippen LogP contribution in [0, 0.1) is 6.92 Å². The smallest absolute Gasteiger partial charge is 0.338 e. The van der Waals surface area contributed by atoms with E-state index in [-0.39, 0.29) is 5.97 Å². The monoisotopic (exact) mass is 309 g/mol. The Bertz CT molecular complexity index is 601. The Morgan fingerprint density at radius 3 is 2.83 bits per heavy atom. The van der Waals surface area contributed by atoms with Crippen LogP contribution in [0.4, 0.5) is 0 Å². The first-order valence-electron chi connectivity index (χ1n) is 5.96. The van der Waals surface area contributed by atoms with Crippen LogP contribution >= 0.6 is 15.9 Å². The van der Waals surface area contributed by atoms with Gasteiger partial charge in [0, 0.05) is 22.6 Å². The summed E-state index contributed by atoms with van der Waals surface area (Å²) >= 11 is 3.52. The molecule has 0 aliphatic heterocycles. The molecule has 18 heavy (non-hydrogen) atoms. The molecule has 0 spiro atoms. The average molecular weight is 310 g/mol. The van der Waals surface area contributed by atoms with Crippen molar-refractivity contribution in [2.75, 3.05) is 7.11 Å². The van der Waals surface area contributed by atoms with E-state index in [0.717, 1.165) is 33.9 Å². The van der Waals surface area contributed by atoms with Crippen molar-refractivity contribution < 1.29 is 9.53 Å². The summed E-state index contributed by atoms with van der Waals surface area (Å²) in [6.45, 7) is 5.05. The van der Waals surface area contributed by atoms with Gasteiger partial charge in [-0.25, -0.2) is 4.79 Å². The zero-order chi connectivity index (χ0) is 13.3. The van der Waals surface area contributed by atoms with Gasteiger partial charge < -0.3 is 9.30 Å². The maximum Gasteiger partial charge on any atom is 0.338 e. The Balaban J connectivity index is 2.73. The minimum atomic E-state index is -0.292. The highest BCUT2D eigenvalue weighted by Gasteiger charge is 2.16. The Hall–Kier alpha value is -1.29. The van der Waals surface area contributed by atoms with Gasteiger partial charge in [0.1, 0.15) is 0 Å². The number of esters is 1. The first-order valence-corrected chi connectivity index (χ1v) is 6.75.